The Labute approximate surface area is 130 Å². The topological polar surface area (TPSA) is 58.1 Å². The summed E-state index contributed by atoms with van der Waals surface area (Å²) < 4.78 is 0. The first kappa shape index (κ1) is 17.1. The number of aromatic nitrogens is 2. The van der Waals surface area contributed by atoms with Gasteiger partial charge in [-0.1, -0.05) is 25.4 Å². The Morgan fingerprint density at radius 3 is 2.80 bits per heavy atom. The van der Waals surface area contributed by atoms with Crippen molar-refractivity contribution in [3.8, 4) is 0 Å². The highest BCUT2D eigenvalue weighted by Crippen LogP contribution is 2.19. The Morgan fingerprint density at radius 2 is 2.25 bits per heavy atom. The van der Waals surface area contributed by atoms with Crippen LogP contribution in [0.1, 0.15) is 42.5 Å². The van der Waals surface area contributed by atoms with Crippen molar-refractivity contribution < 1.29 is 4.79 Å². The molecule has 7 heteroatoms. The average Bonchev–Trinajstić information content (AvgIpc) is 2.91. The van der Waals surface area contributed by atoms with E-state index in [9.17, 15) is 4.79 Å². The summed E-state index contributed by atoms with van der Waals surface area (Å²) in [6.45, 7) is 5.74. The molecular weight excluding hydrogens is 299 g/mol. The van der Waals surface area contributed by atoms with Crippen molar-refractivity contribution in [2.75, 3.05) is 20.1 Å². The summed E-state index contributed by atoms with van der Waals surface area (Å²) in [6, 6.07) is 0.209. The number of hydrogen-bond acceptors (Lipinski definition) is 4. The van der Waals surface area contributed by atoms with Crippen LogP contribution in [-0.2, 0) is 0 Å². The van der Waals surface area contributed by atoms with Gasteiger partial charge in [-0.25, -0.2) is 9.97 Å². The number of hydrogen-bond donors (Lipinski definition) is 1. The Bertz CT molecular complexity index is 475. The fraction of sp³-hybridized carbons (Fsp3) is 0.615. The van der Waals surface area contributed by atoms with Gasteiger partial charge in [0.25, 0.3) is 5.91 Å². The highest BCUT2D eigenvalue weighted by atomic mass is 35.5. The van der Waals surface area contributed by atoms with Crippen molar-refractivity contribution in [3.63, 3.8) is 0 Å². The van der Waals surface area contributed by atoms with E-state index >= 15 is 0 Å². The van der Waals surface area contributed by atoms with Crippen LogP contribution in [0.3, 0.4) is 0 Å². The van der Waals surface area contributed by atoms with E-state index in [2.05, 4.69) is 15.3 Å². The van der Waals surface area contributed by atoms with Crippen molar-refractivity contribution >= 4 is 29.9 Å². The van der Waals surface area contributed by atoms with Crippen LogP contribution in [0.4, 0.5) is 0 Å². The molecule has 0 spiro atoms. The molecule has 0 aromatic carbocycles. The molecular formula is C13H20Cl2N4O. The first-order valence-electron chi connectivity index (χ1n) is 6.51. The number of carbonyl (C=O) groups excluding carboxylic acids is 1. The van der Waals surface area contributed by atoms with Crippen molar-refractivity contribution in [2.45, 2.75) is 32.2 Å². The van der Waals surface area contributed by atoms with Crippen LogP contribution < -0.4 is 5.32 Å². The highest BCUT2D eigenvalue weighted by Gasteiger charge is 2.26. The molecule has 1 aromatic rings. The monoisotopic (exact) mass is 318 g/mol. The average molecular weight is 319 g/mol. The predicted octanol–water partition coefficient (Wildman–Crippen LogP) is 2.11. The zero-order valence-electron chi connectivity index (χ0n) is 11.9. The number of amides is 1. The van der Waals surface area contributed by atoms with Crippen molar-refractivity contribution in [1.29, 1.82) is 0 Å². The quantitative estimate of drug-likeness (QED) is 0.927. The summed E-state index contributed by atoms with van der Waals surface area (Å²) in [5, 5.41) is 3.56. The van der Waals surface area contributed by atoms with Gasteiger partial charge >= 0.3 is 0 Å². The number of halogens is 2. The van der Waals surface area contributed by atoms with Gasteiger partial charge in [0.1, 0.15) is 5.82 Å². The SMILES string of the molecule is CC(C)c1ncc(Cl)c(C(=O)N(C)C2CCNC2)n1.Cl. The lowest BCUT2D eigenvalue weighted by Crippen LogP contribution is -2.39. The van der Waals surface area contributed by atoms with E-state index in [0.29, 0.717) is 16.5 Å². The molecule has 0 bridgehead atoms. The van der Waals surface area contributed by atoms with Gasteiger partial charge in [0.05, 0.1) is 11.2 Å². The fourth-order valence-electron chi connectivity index (χ4n) is 2.11. The van der Waals surface area contributed by atoms with Gasteiger partial charge in [0.2, 0.25) is 0 Å². The molecule has 1 fully saturated rings. The van der Waals surface area contributed by atoms with E-state index in [1.165, 1.54) is 6.20 Å². The lowest BCUT2D eigenvalue weighted by atomic mass is 10.2. The van der Waals surface area contributed by atoms with Gasteiger partial charge < -0.3 is 10.2 Å². The summed E-state index contributed by atoms with van der Waals surface area (Å²) in [5.41, 5.74) is 0.301. The normalized spacial score (nSPS) is 17.9. The molecule has 1 unspecified atom stereocenters. The number of nitrogens with zero attached hydrogens (tertiary/aromatic N) is 3. The molecule has 1 N–H and O–H groups in total. The van der Waals surface area contributed by atoms with Crippen molar-refractivity contribution in [2.24, 2.45) is 0 Å². The molecule has 1 aromatic heterocycles. The lowest BCUT2D eigenvalue weighted by molar-refractivity contribution is 0.0737. The Balaban J connectivity index is 0.00000200. The molecule has 1 aliphatic heterocycles. The smallest absolute Gasteiger partial charge is 0.274 e. The molecule has 1 saturated heterocycles. The molecule has 1 amide bonds. The summed E-state index contributed by atoms with van der Waals surface area (Å²) in [5.74, 6) is 0.677. The first-order valence-corrected chi connectivity index (χ1v) is 6.88. The predicted molar refractivity (Wildman–Crippen MR) is 81.7 cm³/mol. The van der Waals surface area contributed by atoms with Gasteiger partial charge in [-0.3, -0.25) is 4.79 Å². The summed E-state index contributed by atoms with van der Waals surface area (Å²) >= 11 is 6.06. The minimum atomic E-state index is -0.136. The third-order valence-corrected chi connectivity index (χ3v) is 3.66. The third-order valence-electron chi connectivity index (χ3n) is 3.38. The van der Waals surface area contributed by atoms with E-state index in [0.717, 1.165) is 19.5 Å². The van der Waals surface area contributed by atoms with Gasteiger partial charge in [-0.2, -0.15) is 0 Å². The zero-order valence-corrected chi connectivity index (χ0v) is 13.5. The molecule has 20 heavy (non-hydrogen) atoms. The summed E-state index contributed by atoms with van der Waals surface area (Å²) in [4.78, 5) is 22.6. The maximum Gasteiger partial charge on any atom is 0.274 e. The van der Waals surface area contributed by atoms with E-state index in [1.807, 2.05) is 13.8 Å². The molecule has 1 atom stereocenters. The van der Waals surface area contributed by atoms with Crippen LogP contribution in [0.2, 0.25) is 5.02 Å². The largest absolute Gasteiger partial charge is 0.336 e. The van der Waals surface area contributed by atoms with E-state index in [-0.39, 0.29) is 30.3 Å². The number of carbonyl (C=O) groups is 1. The Hall–Kier alpha value is -0.910. The fourth-order valence-corrected chi connectivity index (χ4v) is 2.28. The molecule has 0 aliphatic carbocycles. The van der Waals surface area contributed by atoms with Gasteiger partial charge in [-0.05, 0) is 13.0 Å². The van der Waals surface area contributed by atoms with Crippen LogP contribution >= 0.6 is 24.0 Å². The van der Waals surface area contributed by atoms with Crippen LogP contribution in [0.15, 0.2) is 6.20 Å². The van der Waals surface area contributed by atoms with E-state index in [1.54, 1.807) is 11.9 Å². The maximum atomic E-state index is 12.5. The van der Waals surface area contributed by atoms with Crippen LogP contribution in [0.5, 0.6) is 0 Å². The number of likely N-dealkylation sites (N-methyl/N-ethyl adjacent to an activating group) is 1. The Morgan fingerprint density at radius 1 is 1.55 bits per heavy atom. The molecule has 0 radical (unpaired) electrons. The molecule has 1 aliphatic rings. The zero-order chi connectivity index (χ0) is 14.0. The minimum absolute atomic E-state index is 0. The molecule has 112 valence electrons. The van der Waals surface area contributed by atoms with Gasteiger partial charge in [0, 0.05) is 25.6 Å². The van der Waals surface area contributed by atoms with Crippen LogP contribution in [0.25, 0.3) is 0 Å². The molecule has 2 rings (SSSR count). The summed E-state index contributed by atoms with van der Waals surface area (Å²) in [6.07, 6.45) is 2.47. The minimum Gasteiger partial charge on any atom is -0.336 e. The van der Waals surface area contributed by atoms with Gasteiger partial charge in [0.15, 0.2) is 5.69 Å². The second-order valence-corrected chi connectivity index (χ2v) is 5.55. The van der Waals surface area contributed by atoms with Crippen molar-refractivity contribution in [3.05, 3.63) is 22.7 Å². The van der Waals surface area contributed by atoms with Crippen molar-refractivity contribution in [1.82, 2.24) is 20.2 Å². The second-order valence-electron chi connectivity index (χ2n) is 5.14. The molecule has 5 nitrogen and oxygen atoms in total. The lowest BCUT2D eigenvalue weighted by Gasteiger charge is -2.23. The third kappa shape index (κ3) is 3.59. The first-order chi connectivity index (χ1) is 9.00. The van der Waals surface area contributed by atoms with E-state index < -0.39 is 0 Å². The van der Waals surface area contributed by atoms with Gasteiger partial charge in [-0.15, -0.1) is 12.4 Å². The number of nitrogens with one attached hydrogen (secondary N) is 1. The summed E-state index contributed by atoms with van der Waals surface area (Å²) in [7, 11) is 1.80. The maximum absolute atomic E-state index is 12.5. The standard InChI is InChI=1S/C13H19ClN4O.ClH/c1-8(2)12-16-7-10(14)11(17-12)13(19)18(3)9-4-5-15-6-9;/h7-9,15H,4-6H2,1-3H3;1H. The number of rotatable bonds is 3. The molecule has 2 heterocycles. The van der Waals surface area contributed by atoms with Crippen LogP contribution in [0, 0.1) is 0 Å². The van der Waals surface area contributed by atoms with Crippen LogP contribution in [-0.4, -0.2) is 47.0 Å². The highest BCUT2D eigenvalue weighted by molar-refractivity contribution is 6.33. The second kappa shape index (κ2) is 7.20. The Kier molecular flexibility index (Phi) is 6.17. The molecule has 0 saturated carbocycles. The van der Waals surface area contributed by atoms with E-state index in [4.69, 9.17) is 11.6 Å².